The van der Waals surface area contributed by atoms with E-state index >= 15 is 0 Å². The molecule has 1 aromatic heterocycles. The van der Waals surface area contributed by atoms with E-state index in [2.05, 4.69) is 10.6 Å². The number of furan rings is 1. The van der Waals surface area contributed by atoms with Gasteiger partial charge in [0.15, 0.2) is 5.76 Å². The molecule has 5 heteroatoms. The Morgan fingerprint density at radius 2 is 2.19 bits per heavy atom. The third-order valence-corrected chi connectivity index (χ3v) is 2.71. The summed E-state index contributed by atoms with van der Waals surface area (Å²) in [4.78, 5) is 23.3. The zero-order valence-corrected chi connectivity index (χ0v) is 9.19. The molecule has 0 spiro atoms. The quantitative estimate of drug-likeness (QED) is 0.754. The van der Waals surface area contributed by atoms with Crippen LogP contribution in [-0.2, 0) is 0 Å². The van der Waals surface area contributed by atoms with Crippen LogP contribution < -0.4 is 10.6 Å². The maximum atomic E-state index is 12.0. The van der Waals surface area contributed by atoms with E-state index in [0.29, 0.717) is 0 Å². The molecular formula is C11H14N2O3. The standard InChI is InChI=1S/C11H14N2O3/c1-6(2)8-9(13-11(15)12-8)10(14)7-4-3-5-16-7/h3-6,8-9H,1-2H3,(H2,12,13,15). The van der Waals surface area contributed by atoms with E-state index in [1.54, 1.807) is 12.1 Å². The lowest BCUT2D eigenvalue weighted by molar-refractivity contribution is 0.0907. The Morgan fingerprint density at radius 1 is 1.44 bits per heavy atom. The Kier molecular flexibility index (Phi) is 2.68. The second kappa shape index (κ2) is 4.00. The van der Waals surface area contributed by atoms with Crippen molar-refractivity contribution in [1.29, 1.82) is 0 Å². The van der Waals surface area contributed by atoms with Crippen molar-refractivity contribution >= 4 is 11.8 Å². The van der Waals surface area contributed by atoms with Crippen LogP contribution >= 0.6 is 0 Å². The van der Waals surface area contributed by atoms with Gasteiger partial charge in [0.2, 0.25) is 5.78 Å². The third-order valence-electron chi connectivity index (χ3n) is 2.71. The van der Waals surface area contributed by atoms with Gasteiger partial charge >= 0.3 is 6.03 Å². The van der Waals surface area contributed by atoms with E-state index in [0.717, 1.165) is 0 Å². The third kappa shape index (κ3) is 1.80. The summed E-state index contributed by atoms with van der Waals surface area (Å²) in [7, 11) is 0. The molecular weight excluding hydrogens is 208 g/mol. The molecule has 0 radical (unpaired) electrons. The number of carbonyl (C=O) groups is 2. The van der Waals surface area contributed by atoms with Crippen LogP contribution in [0.3, 0.4) is 0 Å². The number of Topliss-reactive ketones (excluding diaryl/α,β-unsaturated/α-hetero) is 1. The molecule has 5 nitrogen and oxygen atoms in total. The molecule has 2 atom stereocenters. The number of hydrogen-bond acceptors (Lipinski definition) is 3. The first-order valence-electron chi connectivity index (χ1n) is 5.24. The molecule has 0 aliphatic carbocycles. The Bertz CT molecular complexity index is 397. The SMILES string of the molecule is CC(C)C1NC(=O)NC1C(=O)c1ccco1. The lowest BCUT2D eigenvalue weighted by Crippen LogP contribution is -2.43. The van der Waals surface area contributed by atoms with Gasteiger partial charge in [0.1, 0.15) is 6.04 Å². The van der Waals surface area contributed by atoms with Gasteiger partial charge in [-0.1, -0.05) is 13.8 Å². The van der Waals surface area contributed by atoms with Crippen LogP contribution in [-0.4, -0.2) is 23.9 Å². The van der Waals surface area contributed by atoms with E-state index in [1.165, 1.54) is 6.26 Å². The van der Waals surface area contributed by atoms with Crippen LogP contribution in [0.25, 0.3) is 0 Å². The molecule has 16 heavy (non-hydrogen) atoms. The van der Waals surface area contributed by atoms with Crippen LogP contribution in [0.2, 0.25) is 0 Å². The minimum absolute atomic E-state index is 0.183. The number of carbonyl (C=O) groups excluding carboxylic acids is 2. The highest BCUT2D eigenvalue weighted by molar-refractivity contribution is 6.02. The van der Waals surface area contributed by atoms with Gasteiger partial charge in [-0.05, 0) is 18.1 Å². The monoisotopic (exact) mass is 222 g/mol. The average molecular weight is 222 g/mol. The van der Waals surface area contributed by atoms with Crippen LogP contribution in [0, 0.1) is 5.92 Å². The molecule has 2 unspecified atom stereocenters. The average Bonchev–Trinajstić information content (AvgIpc) is 2.84. The Balaban J connectivity index is 2.20. The number of hydrogen-bond donors (Lipinski definition) is 2. The normalized spacial score (nSPS) is 24.3. The molecule has 2 heterocycles. The molecule has 1 fully saturated rings. The zero-order chi connectivity index (χ0) is 11.7. The van der Waals surface area contributed by atoms with Gasteiger partial charge in [-0.3, -0.25) is 4.79 Å². The summed E-state index contributed by atoms with van der Waals surface area (Å²) in [5.74, 6) is 0.268. The summed E-state index contributed by atoms with van der Waals surface area (Å²) in [6.07, 6.45) is 1.45. The van der Waals surface area contributed by atoms with Crippen LogP contribution in [0.15, 0.2) is 22.8 Å². The molecule has 0 aromatic carbocycles. The number of rotatable bonds is 3. The molecule has 2 rings (SSSR count). The van der Waals surface area contributed by atoms with Crippen molar-refractivity contribution in [2.24, 2.45) is 5.92 Å². The molecule has 1 aliphatic heterocycles. The van der Waals surface area contributed by atoms with Crippen molar-refractivity contribution in [3.8, 4) is 0 Å². The molecule has 1 aromatic rings. The van der Waals surface area contributed by atoms with Crippen molar-refractivity contribution in [3.05, 3.63) is 24.2 Å². The first-order valence-corrected chi connectivity index (χ1v) is 5.24. The molecule has 1 aliphatic rings. The number of amides is 2. The topological polar surface area (TPSA) is 71.3 Å². The van der Waals surface area contributed by atoms with E-state index in [-0.39, 0.29) is 29.5 Å². The smallest absolute Gasteiger partial charge is 0.315 e. The van der Waals surface area contributed by atoms with Gasteiger partial charge in [0.05, 0.1) is 12.3 Å². The van der Waals surface area contributed by atoms with E-state index < -0.39 is 6.04 Å². The van der Waals surface area contributed by atoms with Crippen LogP contribution in [0.4, 0.5) is 4.79 Å². The molecule has 1 saturated heterocycles. The number of nitrogens with one attached hydrogen (secondary N) is 2. The first kappa shape index (κ1) is 10.7. The number of ketones is 1. The van der Waals surface area contributed by atoms with Gasteiger partial charge in [0.25, 0.3) is 0 Å². The van der Waals surface area contributed by atoms with Crippen molar-refractivity contribution in [1.82, 2.24) is 10.6 Å². The fourth-order valence-electron chi connectivity index (χ4n) is 1.86. The second-order valence-corrected chi connectivity index (χ2v) is 4.21. The summed E-state index contributed by atoms with van der Waals surface area (Å²) >= 11 is 0. The molecule has 2 amide bonds. The molecule has 2 N–H and O–H groups in total. The Morgan fingerprint density at radius 3 is 2.75 bits per heavy atom. The molecule has 86 valence electrons. The fraction of sp³-hybridized carbons (Fsp3) is 0.455. The Hall–Kier alpha value is -1.78. The largest absolute Gasteiger partial charge is 0.461 e. The van der Waals surface area contributed by atoms with Crippen molar-refractivity contribution in [2.75, 3.05) is 0 Å². The summed E-state index contributed by atoms with van der Waals surface area (Å²) in [6, 6.07) is 2.22. The van der Waals surface area contributed by atoms with Gasteiger partial charge in [-0.25, -0.2) is 4.79 Å². The maximum Gasteiger partial charge on any atom is 0.315 e. The van der Waals surface area contributed by atoms with Crippen molar-refractivity contribution in [2.45, 2.75) is 25.9 Å². The number of urea groups is 1. The molecule has 0 saturated carbocycles. The predicted molar refractivity (Wildman–Crippen MR) is 57.1 cm³/mol. The zero-order valence-electron chi connectivity index (χ0n) is 9.19. The highest BCUT2D eigenvalue weighted by atomic mass is 16.3. The van der Waals surface area contributed by atoms with E-state index in [4.69, 9.17) is 4.42 Å². The summed E-state index contributed by atoms with van der Waals surface area (Å²) in [5, 5.41) is 5.35. The van der Waals surface area contributed by atoms with E-state index in [9.17, 15) is 9.59 Å². The Labute approximate surface area is 93.2 Å². The predicted octanol–water partition coefficient (Wildman–Crippen LogP) is 1.17. The summed E-state index contributed by atoms with van der Waals surface area (Å²) < 4.78 is 5.04. The second-order valence-electron chi connectivity index (χ2n) is 4.21. The van der Waals surface area contributed by atoms with Gasteiger partial charge in [0, 0.05) is 0 Å². The van der Waals surface area contributed by atoms with E-state index in [1.807, 2.05) is 13.8 Å². The highest BCUT2D eigenvalue weighted by Crippen LogP contribution is 2.16. The lowest BCUT2D eigenvalue weighted by atomic mass is 9.94. The van der Waals surface area contributed by atoms with Gasteiger partial charge < -0.3 is 15.1 Å². The van der Waals surface area contributed by atoms with Crippen LogP contribution in [0.1, 0.15) is 24.4 Å². The highest BCUT2D eigenvalue weighted by Gasteiger charge is 2.39. The van der Waals surface area contributed by atoms with Crippen molar-refractivity contribution < 1.29 is 14.0 Å². The van der Waals surface area contributed by atoms with Crippen molar-refractivity contribution in [3.63, 3.8) is 0 Å². The molecule has 0 bridgehead atoms. The van der Waals surface area contributed by atoms with Gasteiger partial charge in [-0.15, -0.1) is 0 Å². The maximum absolute atomic E-state index is 12.0. The minimum atomic E-state index is -0.543. The summed E-state index contributed by atoms with van der Waals surface area (Å²) in [5.41, 5.74) is 0. The fourth-order valence-corrected chi connectivity index (χ4v) is 1.86. The minimum Gasteiger partial charge on any atom is -0.461 e. The first-order chi connectivity index (χ1) is 7.59. The van der Waals surface area contributed by atoms with Crippen LogP contribution in [0.5, 0.6) is 0 Å². The van der Waals surface area contributed by atoms with Gasteiger partial charge in [-0.2, -0.15) is 0 Å². The lowest BCUT2D eigenvalue weighted by Gasteiger charge is -2.19. The summed E-state index contributed by atoms with van der Waals surface area (Å²) in [6.45, 7) is 3.92.